The molecule has 1 fully saturated rings. The zero-order valence-electron chi connectivity index (χ0n) is 19.8. The van der Waals surface area contributed by atoms with Crippen molar-refractivity contribution in [1.29, 1.82) is 0 Å². The van der Waals surface area contributed by atoms with Crippen molar-refractivity contribution in [3.63, 3.8) is 0 Å². The van der Waals surface area contributed by atoms with Gasteiger partial charge in [0.25, 0.3) is 0 Å². The molecule has 1 saturated heterocycles. The maximum atomic E-state index is 13.0. The third-order valence-corrected chi connectivity index (χ3v) is 6.98. The van der Waals surface area contributed by atoms with Crippen LogP contribution in [0.3, 0.4) is 0 Å². The Morgan fingerprint density at radius 1 is 1.17 bits per heavy atom. The minimum absolute atomic E-state index is 0.103. The number of fused-ring (bicyclic) bond motifs is 1. The van der Waals surface area contributed by atoms with Crippen molar-refractivity contribution in [2.75, 3.05) is 31.6 Å². The van der Waals surface area contributed by atoms with Gasteiger partial charge in [-0.05, 0) is 50.6 Å². The van der Waals surface area contributed by atoms with E-state index in [1.807, 2.05) is 36.1 Å². The van der Waals surface area contributed by atoms with Crippen LogP contribution in [0.2, 0.25) is 0 Å². The van der Waals surface area contributed by atoms with E-state index in [9.17, 15) is 14.7 Å². The Balaban J connectivity index is 1.66. The number of methoxy groups -OCH3 is 1. The quantitative estimate of drug-likeness (QED) is 0.545. The molecule has 182 valence electrons. The van der Waals surface area contributed by atoms with E-state index in [0.717, 1.165) is 37.1 Å². The van der Waals surface area contributed by atoms with Crippen LogP contribution in [0.25, 0.3) is 11.1 Å². The number of aromatic nitrogens is 3. The zero-order chi connectivity index (χ0) is 24.6. The molecule has 2 amide bonds. The van der Waals surface area contributed by atoms with Crippen LogP contribution in [0.1, 0.15) is 25.8 Å². The average Bonchev–Trinajstić information content (AvgIpc) is 3.39. The number of quaternary nitrogens is 1. The molecule has 3 aromatic rings. The number of carboxylic acid groups (broad SMARTS) is 1. The molecule has 10 heteroatoms. The molecule has 4 heterocycles. The van der Waals surface area contributed by atoms with E-state index in [0.29, 0.717) is 23.2 Å². The Morgan fingerprint density at radius 2 is 1.97 bits per heavy atom. The second-order valence-corrected chi connectivity index (χ2v) is 9.05. The standard InChI is InChI=1S/C25H28N6O4/c1-17-16-31(25(33)34,23-5-3-4-10-27-23)22-13-18(6-7-21(22)30(17)24(32)35-2)19-14-28-29(15-19)20-8-11-26-12-9-20/h3-7,10,13-15,17,20,26H,8-9,11-12,16H2,1-2H3/p+1/t17-,31?/m0/s1. The van der Waals surface area contributed by atoms with Crippen LogP contribution in [0, 0.1) is 0 Å². The van der Waals surface area contributed by atoms with Crippen molar-refractivity contribution in [2.24, 2.45) is 0 Å². The monoisotopic (exact) mass is 477 g/mol. The van der Waals surface area contributed by atoms with Crippen molar-refractivity contribution < 1.29 is 19.4 Å². The topological polar surface area (TPSA) is 110 Å². The molecule has 0 spiro atoms. The molecular formula is C25H29N6O4+. The number of anilines is 1. The highest BCUT2D eigenvalue weighted by atomic mass is 16.5. The van der Waals surface area contributed by atoms with Gasteiger partial charge in [0.2, 0.25) is 5.82 Å². The number of carbonyl (C=O) groups is 2. The summed E-state index contributed by atoms with van der Waals surface area (Å²) in [6.45, 7) is 3.84. The van der Waals surface area contributed by atoms with Gasteiger partial charge in [0.15, 0.2) is 5.69 Å². The van der Waals surface area contributed by atoms with Crippen LogP contribution in [-0.4, -0.2) is 64.8 Å². The first kappa shape index (κ1) is 23.0. The lowest BCUT2D eigenvalue weighted by Crippen LogP contribution is -2.61. The Bertz CT molecular complexity index is 1240. The molecule has 1 unspecified atom stereocenters. The van der Waals surface area contributed by atoms with Crippen LogP contribution in [0.15, 0.2) is 55.0 Å². The van der Waals surface area contributed by atoms with E-state index in [2.05, 4.69) is 15.4 Å². The summed E-state index contributed by atoms with van der Waals surface area (Å²) in [5, 5.41) is 18.6. The number of pyridine rings is 1. The smallest absolute Gasteiger partial charge is 0.452 e. The molecule has 0 aliphatic carbocycles. The lowest BCUT2D eigenvalue weighted by molar-refractivity contribution is 0.154. The highest BCUT2D eigenvalue weighted by Gasteiger charge is 2.53. The minimum atomic E-state index is -1.07. The minimum Gasteiger partial charge on any atom is -0.452 e. The fraction of sp³-hybridized carbons (Fsp3) is 0.360. The molecule has 35 heavy (non-hydrogen) atoms. The fourth-order valence-corrected chi connectivity index (χ4v) is 5.24. The maximum Gasteiger partial charge on any atom is 0.525 e. The summed E-state index contributed by atoms with van der Waals surface area (Å²) < 4.78 is 6.51. The first-order chi connectivity index (χ1) is 17.0. The maximum absolute atomic E-state index is 13.0. The van der Waals surface area contributed by atoms with Gasteiger partial charge in [-0.2, -0.15) is 9.89 Å². The molecule has 0 bridgehead atoms. The molecule has 0 saturated carbocycles. The summed E-state index contributed by atoms with van der Waals surface area (Å²) in [6, 6.07) is 10.6. The Morgan fingerprint density at radius 3 is 2.66 bits per heavy atom. The molecule has 5 rings (SSSR count). The summed E-state index contributed by atoms with van der Waals surface area (Å²) in [5.41, 5.74) is 2.65. The molecule has 1 aromatic carbocycles. The van der Waals surface area contributed by atoms with Crippen LogP contribution in [0.5, 0.6) is 0 Å². The van der Waals surface area contributed by atoms with Gasteiger partial charge in [0, 0.05) is 30.1 Å². The van der Waals surface area contributed by atoms with Crippen molar-refractivity contribution in [3.8, 4) is 11.1 Å². The normalized spacial score (nSPS) is 22.5. The number of ether oxygens (including phenoxy) is 1. The third kappa shape index (κ3) is 3.84. The van der Waals surface area contributed by atoms with Gasteiger partial charge in [0.1, 0.15) is 12.2 Å². The summed E-state index contributed by atoms with van der Waals surface area (Å²) in [6.07, 6.45) is 5.83. The third-order valence-electron chi connectivity index (χ3n) is 6.98. The van der Waals surface area contributed by atoms with Crippen molar-refractivity contribution in [2.45, 2.75) is 31.8 Å². The number of amides is 2. The summed E-state index contributed by atoms with van der Waals surface area (Å²) in [4.78, 5) is 31.6. The average molecular weight is 478 g/mol. The van der Waals surface area contributed by atoms with Gasteiger partial charge < -0.3 is 15.2 Å². The van der Waals surface area contributed by atoms with E-state index in [1.54, 1.807) is 30.5 Å². The summed E-state index contributed by atoms with van der Waals surface area (Å²) >= 11 is 0. The van der Waals surface area contributed by atoms with Gasteiger partial charge in [-0.15, -0.1) is 4.48 Å². The molecule has 2 aliphatic heterocycles. The largest absolute Gasteiger partial charge is 0.525 e. The zero-order valence-corrected chi connectivity index (χ0v) is 19.8. The van der Waals surface area contributed by atoms with Gasteiger partial charge in [-0.25, -0.2) is 9.78 Å². The van der Waals surface area contributed by atoms with Crippen molar-refractivity contribution >= 4 is 29.4 Å². The molecular weight excluding hydrogens is 448 g/mol. The van der Waals surface area contributed by atoms with Crippen LogP contribution in [0.4, 0.5) is 26.8 Å². The number of nitrogens with one attached hydrogen (secondary N) is 1. The van der Waals surface area contributed by atoms with Gasteiger partial charge in [-0.1, -0.05) is 12.1 Å². The predicted molar refractivity (Wildman–Crippen MR) is 132 cm³/mol. The molecule has 2 aromatic heterocycles. The summed E-state index contributed by atoms with van der Waals surface area (Å²) in [7, 11) is 1.32. The van der Waals surface area contributed by atoms with Crippen molar-refractivity contribution in [3.05, 3.63) is 55.0 Å². The SMILES string of the molecule is COC(=O)N1c2ccc(-c3cnn(C4CCNCC4)c3)cc2[N+](C(=O)O)(c2ccccn2)C[C@@H]1C. The fourth-order valence-electron chi connectivity index (χ4n) is 5.24. The van der Waals surface area contributed by atoms with Crippen molar-refractivity contribution in [1.82, 2.24) is 24.6 Å². The molecule has 2 aliphatic rings. The Labute approximate surface area is 203 Å². The van der Waals surface area contributed by atoms with Crippen LogP contribution >= 0.6 is 0 Å². The highest BCUT2D eigenvalue weighted by molar-refractivity contribution is 6.01. The number of hydrogen-bond acceptors (Lipinski definition) is 6. The van der Waals surface area contributed by atoms with Gasteiger partial charge in [0.05, 0.1) is 25.4 Å². The van der Waals surface area contributed by atoms with E-state index >= 15 is 0 Å². The molecule has 2 N–H and O–H groups in total. The number of benzene rings is 1. The second-order valence-electron chi connectivity index (χ2n) is 9.05. The summed E-state index contributed by atoms with van der Waals surface area (Å²) in [5.74, 6) is 0.375. The number of carbonyl (C=O) groups excluding carboxylic acids is 1. The Hall–Kier alpha value is -3.76. The van der Waals surface area contributed by atoms with Gasteiger partial charge >= 0.3 is 12.2 Å². The number of hydrogen-bond donors (Lipinski definition) is 2. The van der Waals surface area contributed by atoms with E-state index < -0.39 is 22.7 Å². The van der Waals surface area contributed by atoms with E-state index in [4.69, 9.17) is 4.74 Å². The van der Waals surface area contributed by atoms with E-state index in [1.165, 1.54) is 12.0 Å². The number of nitrogens with zero attached hydrogens (tertiary/aromatic N) is 5. The second kappa shape index (κ2) is 9.12. The van der Waals surface area contributed by atoms with Gasteiger partial charge in [-0.3, -0.25) is 9.58 Å². The molecule has 10 nitrogen and oxygen atoms in total. The first-order valence-corrected chi connectivity index (χ1v) is 11.8. The highest BCUT2D eigenvalue weighted by Crippen LogP contribution is 2.47. The first-order valence-electron chi connectivity index (χ1n) is 11.8. The molecule has 2 atom stereocenters. The lowest BCUT2D eigenvalue weighted by atomic mass is 10.0. The van der Waals surface area contributed by atoms with Crippen LogP contribution in [-0.2, 0) is 4.74 Å². The predicted octanol–water partition coefficient (Wildman–Crippen LogP) is 4.16. The number of piperidine rings is 1. The number of rotatable bonds is 3. The molecule has 0 radical (unpaired) electrons. The van der Waals surface area contributed by atoms with Crippen LogP contribution < -0.4 is 14.7 Å². The van der Waals surface area contributed by atoms with E-state index in [-0.39, 0.29) is 6.54 Å². The Kier molecular flexibility index (Phi) is 6.00. The lowest BCUT2D eigenvalue weighted by Gasteiger charge is -2.42.